The molecule has 0 saturated carbocycles. The van der Waals surface area contributed by atoms with Gasteiger partial charge in [0.1, 0.15) is 5.75 Å². The smallest absolute Gasteiger partial charge is 0.410 e. The fourth-order valence-electron chi connectivity index (χ4n) is 3.96. The average molecular weight is 378 g/mol. The molecule has 1 fully saturated rings. The van der Waals surface area contributed by atoms with Crippen LogP contribution in [0.3, 0.4) is 0 Å². The van der Waals surface area contributed by atoms with Gasteiger partial charge in [-0.1, -0.05) is 58.6 Å². The Morgan fingerprint density at radius 3 is 2.67 bits per heavy atom. The Bertz CT molecular complexity index is 629. The van der Waals surface area contributed by atoms with E-state index in [4.69, 9.17) is 4.74 Å². The molecule has 2 atom stereocenters. The molecule has 2 rings (SSSR count). The van der Waals surface area contributed by atoms with Crippen molar-refractivity contribution < 1.29 is 19.7 Å². The Morgan fingerprint density at radius 2 is 2.04 bits per heavy atom. The molecular formula is C22H35NO4. The van der Waals surface area contributed by atoms with Crippen LogP contribution in [-0.4, -0.2) is 41.0 Å². The zero-order valence-corrected chi connectivity index (χ0v) is 17.2. The number of rotatable bonds is 7. The summed E-state index contributed by atoms with van der Waals surface area (Å²) in [4.78, 5) is 13.7. The van der Waals surface area contributed by atoms with Crippen LogP contribution in [0.2, 0.25) is 0 Å². The van der Waals surface area contributed by atoms with Gasteiger partial charge in [0.15, 0.2) is 0 Å². The van der Waals surface area contributed by atoms with Crippen LogP contribution < -0.4 is 0 Å². The lowest BCUT2D eigenvalue weighted by Crippen LogP contribution is -2.42. The second kappa shape index (κ2) is 9.45. The zero-order valence-electron chi connectivity index (χ0n) is 17.2. The van der Waals surface area contributed by atoms with E-state index in [1.807, 2.05) is 18.2 Å². The third-order valence-electron chi connectivity index (χ3n) is 5.81. The van der Waals surface area contributed by atoms with Crippen molar-refractivity contribution in [2.24, 2.45) is 0 Å². The number of hydrogen-bond acceptors (Lipinski definition) is 4. The third kappa shape index (κ3) is 5.38. The highest BCUT2D eigenvalue weighted by Gasteiger charge is 2.34. The molecule has 1 saturated heterocycles. The van der Waals surface area contributed by atoms with E-state index in [9.17, 15) is 15.0 Å². The van der Waals surface area contributed by atoms with E-state index in [0.717, 1.165) is 12.0 Å². The van der Waals surface area contributed by atoms with Crippen LogP contribution in [-0.2, 0) is 10.2 Å². The number of carbonyl (C=O) groups excluding carboxylic acids is 1. The monoisotopic (exact) mass is 377 g/mol. The van der Waals surface area contributed by atoms with Crippen molar-refractivity contribution in [2.45, 2.75) is 83.3 Å². The lowest BCUT2D eigenvalue weighted by Gasteiger charge is -2.37. The highest BCUT2D eigenvalue weighted by molar-refractivity contribution is 5.68. The summed E-state index contributed by atoms with van der Waals surface area (Å²) in [6.07, 6.45) is 5.98. The molecule has 5 nitrogen and oxygen atoms in total. The largest absolute Gasteiger partial charge is 0.508 e. The van der Waals surface area contributed by atoms with Crippen LogP contribution in [0.25, 0.3) is 0 Å². The number of ether oxygens (including phenoxy) is 1. The van der Waals surface area contributed by atoms with Crippen LogP contribution >= 0.6 is 0 Å². The standard InChI is InChI=1S/C22H35NO4/c1-5-6-7-8-12-22(2,3)16-9-10-18(20(25)14-16)19-15-17(24)11-13-23(19)21(26)27-4/h9-10,14,17,19,24-25H,5-8,11-13,15H2,1-4H3. The average Bonchev–Trinajstić information content (AvgIpc) is 2.64. The Labute approximate surface area is 163 Å². The quantitative estimate of drug-likeness (QED) is 0.663. The topological polar surface area (TPSA) is 70.0 Å². The van der Waals surface area contributed by atoms with E-state index in [1.54, 1.807) is 4.90 Å². The van der Waals surface area contributed by atoms with E-state index < -0.39 is 12.2 Å². The summed E-state index contributed by atoms with van der Waals surface area (Å²) in [7, 11) is 1.36. The van der Waals surface area contributed by atoms with Crippen molar-refractivity contribution >= 4 is 6.09 Å². The summed E-state index contributed by atoms with van der Waals surface area (Å²) in [5, 5.41) is 20.8. The number of phenolic OH excluding ortho intramolecular Hbond substituents is 1. The molecule has 2 unspecified atom stereocenters. The van der Waals surface area contributed by atoms with Gasteiger partial charge in [-0.05, 0) is 36.3 Å². The number of benzene rings is 1. The fourth-order valence-corrected chi connectivity index (χ4v) is 3.96. The number of aliphatic hydroxyl groups excluding tert-OH is 1. The number of piperidine rings is 1. The van der Waals surface area contributed by atoms with Gasteiger partial charge in [-0.15, -0.1) is 0 Å². The summed E-state index contributed by atoms with van der Waals surface area (Å²) in [6, 6.07) is 5.40. The summed E-state index contributed by atoms with van der Waals surface area (Å²) in [5.74, 6) is 0.183. The number of amides is 1. The van der Waals surface area contributed by atoms with Gasteiger partial charge in [-0.3, -0.25) is 0 Å². The van der Waals surface area contributed by atoms with Gasteiger partial charge < -0.3 is 19.8 Å². The Hall–Kier alpha value is -1.75. The molecule has 1 aromatic rings. The van der Waals surface area contributed by atoms with Crippen molar-refractivity contribution in [1.82, 2.24) is 4.90 Å². The number of carbonyl (C=O) groups is 1. The Balaban J connectivity index is 2.20. The van der Waals surface area contributed by atoms with Gasteiger partial charge in [0.2, 0.25) is 0 Å². The minimum Gasteiger partial charge on any atom is -0.508 e. The molecule has 1 aromatic carbocycles. The lowest BCUT2D eigenvalue weighted by molar-refractivity contribution is 0.0350. The van der Waals surface area contributed by atoms with Crippen LogP contribution in [0.5, 0.6) is 5.75 Å². The first-order valence-electron chi connectivity index (χ1n) is 10.2. The minimum absolute atomic E-state index is 0.0160. The first-order valence-corrected chi connectivity index (χ1v) is 10.2. The van der Waals surface area contributed by atoms with E-state index >= 15 is 0 Å². The highest BCUT2D eigenvalue weighted by Crippen LogP contribution is 2.39. The van der Waals surface area contributed by atoms with Gasteiger partial charge in [0.25, 0.3) is 0 Å². The normalized spacial score (nSPS) is 20.6. The molecule has 1 amide bonds. The van der Waals surface area contributed by atoms with Gasteiger partial charge >= 0.3 is 6.09 Å². The molecule has 152 valence electrons. The minimum atomic E-state index is -0.481. The van der Waals surface area contributed by atoms with E-state index in [2.05, 4.69) is 20.8 Å². The summed E-state index contributed by atoms with van der Waals surface area (Å²) in [6.45, 7) is 7.04. The van der Waals surface area contributed by atoms with E-state index in [0.29, 0.717) is 24.9 Å². The number of unbranched alkanes of at least 4 members (excludes halogenated alkanes) is 3. The number of aliphatic hydroxyl groups is 1. The zero-order chi connectivity index (χ0) is 20.0. The molecule has 2 N–H and O–H groups in total. The molecule has 1 heterocycles. The summed E-state index contributed by atoms with van der Waals surface area (Å²) < 4.78 is 4.88. The molecular weight excluding hydrogens is 342 g/mol. The molecule has 1 aliphatic heterocycles. The van der Waals surface area contributed by atoms with Crippen molar-refractivity contribution in [1.29, 1.82) is 0 Å². The predicted octanol–water partition coefficient (Wildman–Crippen LogP) is 4.90. The van der Waals surface area contributed by atoms with Crippen LogP contribution in [0.4, 0.5) is 4.79 Å². The maximum atomic E-state index is 12.1. The first-order chi connectivity index (χ1) is 12.8. The van der Waals surface area contributed by atoms with Gasteiger partial charge in [0.05, 0.1) is 19.3 Å². The first kappa shape index (κ1) is 21.5. The van der Waals surface area contributed by atoms with E-state index in [-0.39, 0.29) is 17.2 Å². The maximum absolute atomic E-state index is 12.1. The summed E-state index contributed by atoms with van der Waals surface area (Å²) in [5.41, 5.74) is 1.75. The SMILES string of the molecule is CCCCCCC(C)(C)c1ccc(C2CC(O)CCN2C(=O)OC)c(O)c1. The molecule has 0 spiro atoms. The highest BCUT2D eigenvalue weighted by atomic mass is 16.5. The molecule has 1 aliphatic rings. The number of methoxy groups -OCH3 is 1. The lowest BCUT2D eigenvalue weighted by atomic mass is 9.79. The molecule has 0 aromatic heterocycles. The fraction of sp³-hybridized carbons (Fsp3) is 0.682. The van der Waals surface area contributed by atoms with Crippen molar-refractivity contribution in [3.8, 4) is 5.75 Å². The Morgan fingerprint density at radius 1 is 1.30 bits per heavy atom. The third-order valence-corrected chi connectivity index (χ3v) is 5.81. The van der Waals surface area contributed by atoms with Crippen molar-refractivity contribution in [3.63, 3.8) is 0 Å². The number of nitrogens with zero attached hydrogens (tertiary/aromatic N) is 1. The number of hydrogen-bond donors (Lipinski definition) is 2. The number of likely N-dealkylation sites (tertiary alicyclic amines) is 1. The van der Waals surface area contributed by atoms with Crippen molar-refractivity contribution in [3.05, 3.63) is 29.3 Å². The van der Waals surface area contributed by atoms with Gasteiger partial charge in [-0.2, -0.15) is 0 Å². The second-order valence-corrected chi connectivity index (χ2v) is 8.33. The van der Waals surface area contributed by atoms with Gasteiger partial charge in [0, 0.05) is 12.1 Å². The summed E-state index contributed by atoms with van der Waals surface area (Å²) >= 11 is 0. The Kier molecular flexibility index (Phi) is 7.54. The van der Waals surface area contributed by atoms with Crippen molar-refractivity contribution in [2.75, 3.05) is 13.7 Å². The van der Waals surface area contributed by atoms with Crippen LogP contribution in [0.1, 0.15) is 82.9 Å². The number of aromatic hydroxyl groups is 1. The maximum Gasteiger partial charge on any atom is 0.410 e. The molecule has 0 aliphatic carbocycles. The number of phenols is 1. The van der Waals surface area contributed by atoms with E-state index in [1.165, 1.54) is 32.8 Å². The molecule has 27 heavy (non-hydrogen) atoms. The molecule has 0 bridgehead atoms. The molecule has 0 radical (unpaired) electrons. The van der Waals surface area contributed by atoms with Crippen LogP contribution in [0.15, 0.2) is 18.2 Å². The predicted molar refractivity (Wildman–Crippen MR) is 107 cm³/mol. The van der Waals surface area contributed by atoms with Crippen LogP contribution in [0, 0.1) is 0 Å². The second-order valence-electron chi connectivity index (χ2n) is 8.33. The molecule has 5 heteroatoms. The van der Waals surface area contributed by atoms with Gasteiger partial charge in [-0.25, -0.2) is 4.79 Å².